The fourth-order valence-corrected chi connectivity index (χ4v) is 0.923. The summed E-state index contributed by atoms with van der Waals surface area (Å²) in [5, 5.41) is 15.9. The Balaban J connectivity index is 2.69. The molecule has 0 saturated carbocycles. The summed E-state index contributed by atoms with van der Waals surface area (Å²) in [7, 11) is 1.42. The van der Waals surface area contributed by atoms with Gasteiger partial charge in [-0.05, 0) is 0 Å². The second kappa shape index (κ2) is 3.33. The van der Waals surface area contributed by atoms with Gasteiger partial charge < -0.3 is 5.11 Å². The van der Waals surface area contributed by atoms with E-state index in [0.29, 0.717) is 0 Å². The maximum absolute atomic E-state index is 11.8. The van der Waals surface area contributed by atoms with Gasteiger partial charge in [-0.3, -0.25) is 0 Å². The Labute approximate surface area is 72.0 Å². The third-order valence-electron chi connectivity index (χ3n) is 1.52. The summed E-state index contributed by atoms with van der Waals surface area (Å²) in [6, 6.07) is 0. The molecule has 4 nitrogen and oxygen atoms in total. The van der Waals surface area contributed by atoms with Crippen LogP contribution in [0.2, 0.25) is 0 Å². The summed E-state index contributed by atoms with van der Waals surface area (Å²) in [5.41, 5.74) is 0.0531. The Bertz CT molecular complexity index is 283. The minimum Gasteiger partial charge on any atom is -0.386 e. The van der Waals surface area contributed by atoms with E-state index in [1.807, 2.05) is 0 Å². The quantitative estimate of drug-likeness (QED) is 0.759. The van der Waals surface area contributed by atoms with E-state index < -0.39 is 18.7 Å². The van der Waals surface area contributed by atoms with Gasteiger partial charge >= 0.3 is 6.18 Å². The van der Waals surface area contributed by atoms with Crippen LogP contribution in [0.25, 0.3) is 0 Å². The molecule has 0 bridgehead atoms. The molecule has 1 heterocycles. The minimum atomic E-state index is -4.39. The van der Waals surface area contributed by atoms with Gasteiger partial charge in [-0.15, -0.1) is 5.10 Å². The van der Waals surface area contributed by atoms with E-state index in [1.54, 1.807) is 0 Å². The zero-order valence-corrected chi connectivity index (χ0v) is 6.78. The van der Waals surface area contributed by atoms with Crippen molar-refractivity contribution in [1.29, 1.82) is 0 Å². The zero-order chi connectivity index (χ0) is 10.1. The van der Waals surface area contributed by atoms with Crippen molar-refractivity contribution >= 4 is 0 Å². The van der Waals surface area contributed by atoms with Gasteiger partial charge in [-0.25, -0.2) is 4.68 Å². The first-order valence-corrected chi connectivity index (χ1v) is 3.49. The van der Waals surface area contributed by atoms with Crippen LogP contribution in [0.5, 0.6) is 0 Å². The van der Waals surface area contributed by atoms with Crippen molar-refractivity contribution in [3.8, 4) is 0 Å². The third kappa shape index (κ3) is 2.69. The average molecular weight is 195 g/mol. The van der Waals surface area contributed by atoms with Crippen LogP contribution in [-0.2, 0) is 7.05 Å². The molecule has 0 saturated heterocycles. The van der Waals surface area contributed by atoms with Crippen molar-refractivity contribution < 1.29 is 18.3 Å². The predicted octanol–water partition coefficient (Wildman–Crippen LogP) is 0.801. The normalized spacial score (nSPS) is 14.5. The second-order valence-corrected chi connectivity index (χ2v) is 2.62. The summed E-state index contributed by atoms with van der Waals surface area (Å²) < 4.78 is 36.6. The number of aromatic nitrogens is 3. The molecule has 0 radical (unpaired) electrons. The number of nitrogens with zero attached hydrogens (tertiary/aromatic N) is 3. The van der Waals surface area contributed by atoms with Crippen molar-refractivity contribution in [1.82, 2.24) is 15.0 Å². The molecular formula is C6H8F3N3O. The monoisotopic (exact) mass is 195 g/mol. The van der Waals surface area contributed by atoms with E-state index in [2.05, 4.69) is 10.3 Å². The fraction of sp³-hybridized carbons (Fsp3) is 0.667. The predicted molar refractivity (Wildman–Crippen MR) is 36.6 cm³/mol. The Morgan fingerprint density at radius 1 is 1.62 bits per heavy atom. The molecule has 0 aliphatic rings. The number of hydrogen-bond donors (Lipinski definition) is 1. The molecule has 0 fully saturated rings. The van der Waals surface area contributed by atoms with Crippen LogP contribution in [0.3, 0.4) is 0 Å². The smallest absolute Gasteiger partial charge is 0.386 e. The lowest BCUT2D eigenvalue weighted by atomic mass is 10.2. The van der Waals surface area contributed by atoms with Crippen molar-refractivity contribution in [2.75, 3.05) is 0 Å². The molecule has 0 aromatic carbocycles. The number of aliphatic hydroxyl groups is 1. The molecule has 0 spiro atoms. The maximum atomic E-state index is 11.8. The van der Waals surface area contributed by atoms with Gasteiger partial charge in [-0.1, -0.05) is 5.21 Å². The van der Waals surface area contributed by atoms with Crippen LogP contribution in [0.1, 0.15) is 18.2 Å². The summed E-state index contributed by atoms with van der Waals surface area (Å²) in [6.07, 6.45) is -6.16. The molecule has 1 N–H and O–H groups in total. The molecule has 0 amide bonds. The highest BCUT2D eigenvalue weighted by Crippen LogP contribution is 2.28. The lowest BCUT2D eigenvalue weighted by molar-refractivity contribution is -0.154. The van der Waals surface area contributed by atoms with E-state index in [0.717, 1.165) is 10.9 Å². The molecule has 1 aromatic heterocycles. The Hall–Kier alpha value is -1.11. The number of aryl methyl sites for hydroxylation is 1. The Morgan fingerprint density at radius 3 is 2.62 bits per heavy atom. The highest BCUT2D eigenvalue weighted by Gasteiger charge is 2.32. The molecule has 13 heavy (non-hydrogen) atoms. The number of halogens is 3. The molecular weight excluding hydrogens is 187 g/mol. The van der Waals surface area contributed by atoms with Crippen LogP contribution in [0.4, 0.5) is 13.2 Å². The van der Waals surface area contributed by atoms with Gasteiger partial charge in [0, 0.05) is 7.05 Å². The van der Waals surface area contributed by atoms with Crippen molar-refractivity contribution in [2.24, 2.45) is 7.05 Å². The SMILES string of the molecule is Cn1nncc1C(O)CC(F)(F)F. The average Bonchev–Trinajstić information content (AvgIpc) is 2.30. The Kier molecular flexibility index (Phi) is 2.55. The number of rotatable bonds is 2. The van der Waals surface area contributed by atoms with Crippen molar-refractivity contribution in [2.45, 2.75) is 18.7 Å². The minimum absolute atomic E-state index is 0.0531. The molecule has 7 heteroatoms. The van der Waals surface area contributed by atoms with E-state index in [4.69, 9.17) is 5.11 Å². The van der Waals surface area contributed by atoms with Crippen LogP contribution < -0.4 is 0 Å². The molecule has 0 aliphatic heterocycles. The highest BCUT2D eigenvalue weighted by atomic mass is 19.4. The summed E-state index contributed by atoms with van der Waals surface area (Å²) >= 11 is 0. The number of alkyl halides is 3. The molecule has 0 aliphatic carbocycles. The van der Waals surface area contributed by atoms with Crippen molar-refractivity contribution in [3.63, 3.8) is 0 Å². The topological polar surface area (TPSA) is 50.9 Å². The molecule has 1 unspecified atom stereocenters. The van der Waals surface area contributed by atoms with Crippen LogP contribution >= 0.6 is 0 Å². The van der Waals surface area contributed by atoms with Gasteiger partial charge in [0.25, 0.3) is 0 Å². The fourth-order valence-electron chi connectivity index (χ4n) is 0.923. The second-order valence-electron chi connectivity index (χ2n) is 2.62. The lowest BCUT2D eigenvalue weighted by Gasteiger charge is -2.12. The van der Waals surface area contributed by atoms with Gasteiger partial charge in [0.05, 0.1) is 18.3 Å². The van der Waals surface area contributed by atoms with E-state index in [1.165, 1.54) is 7.05 Å². The zero-order valence-electron chi connectivity index (χ0n) is 6.78. The first-order chi connectivity index (χ1) is 5.90. The van der Waals surface area contributed by atoms with E-state index >= 15 is 0 Å². The first kappa shape index (κ1) is 9.97. The lowest BCUT2D eigenvalue weighted by Crippen LogP contribution is -2.15. The maximum Gasteiger partial charge on any atom is 0.391 e. The standard InChI is InChI=1S/C6H8F3N3O/c1-12-4(3-10-11-12)5(13)2-6(7,8)9/h3,5,13H,2H2,1H3. The summed E-state index contributed by atoms with van der Waals surface area (Å²) in [5.74, 6) is 0. The number of aliphatic hydroxyl groups excluding tert-OH is 1. The summed E-state index contributed by atoms with van der Waals surface area (Å²) in [4.78, 5) is 0. The Morgan fingerprint density at radius 2 is 2.23 bits per heavy atom. The molecule has 1 rings (SSSR count). The van der Waals surface area contributed by atoms with Crippen molar-refractivity contribution in [3.05, 3.63) is 11.9 Å². The van der Waals surface area contributed by atoms with Crippen LogP contribution in [0.15, 0.2) is 6.20 Å². The first-order valence-electron chi connectivity index (χ1n) is 3.49. The van der Waals surface area contributed by atoms with E-state index in [9.17, 15) is 13.2 Å². The third-order valence-corrected chi connectivity index (χ3v) is 1.52. The van der Waals surface area contributed by atoms with Crippen LogP contribution in [-0.4, -0.2) is 26.3 Å². The largest absolute Gasteiger partial charge is 0.391 e. The van der Waals surface area contributed by atoms with Gasteiger partial charge in [0.1, 0.15) is 6.10 Å². The number of hydrogen-bond acceptors (Lipinski definition) is 3. The summed E-state index contributed by atoms with van der Waals surface area (Å²) in [6.45, 7) is 0. The van der Waals surface area contributed by atoms with Crippen LogP contribution in [0, 0.1) is 0 Å². The molecule has 74 valence electrons. The van der Waals surface area contributed by atoms with Gasteiger partial charge in [-0.2, -0.15) is 13.2 Å². The van der Waals surface area contributed by atoms with E-state index in [-0.39, 0.29) is 5.69 Å². The highest BCUT2D eigenvalue weighted by molar-refractivity contribution is 4.98. The molecule has 1 aromatic rings. The molecule has 1 atom stereocenters. The van der Waals surface area contributed by atoms with Gasteiger partial charge in [0.2, 0.25) is 0 Å². The van der Waals surface area contributed by atoms with Gasteiger partial charge in [0.15, 0.2) is 0 Å².